The molecule has 33 heavy (non-hydrogen) atoms. The Labute approximate surface area is 197 Å². The van der Waals surface area contributed by atoms with Gasteiger partial charge in [-0.2, -0.15) is 0 Å². The molecule has 0 saturated carbocycles. The van der Waals surface area contributed by atoms with E-state index in [1.54, 1.807) is 30.3 Å². The van der Waals surface area contributed by atoms with Crippen LogP contribution >= 0.6 is 11.6 Å². The van der Waals surface area contributed by atoms with Gasteiger partial charge in [0.25, 0.3) is 5.91 Å². The molecule has 1 aliphatic rings. The van der Waals surface area contributed by atoms with Gasteiger partial charge in [-0.25, -0.2) is 4.79 Å². The van der Waals surface area contributed by atoms with Crippen LogP contribution in [0.15, 0.2) is 71.7 Å². The van der Waals surface area contributed by atoms with Crippen LogP contribution in [0.5, 0.6) is 0 Å². The van der Waals surface area contributed by atoms with Gasteiger partial charge >= 0.3 is 5.97 Å². The van der Waals surface area contributed by atoms with E-state index in [4.69, 9.17) is 16.3 Å². The Morgan fingerprint density at radius 2 is 1.88 bits per heavy atom. The van der Waals surface area contributed by atoms with Gasteiger partial charge in [-0.3, -0.25) is 9.78 Å². The molecule has 1 aliphatic heterocycles. The van der Waals surface area contributed by atoms with Crippen LogP contribution in [0.2, 0.25) is 5.02 Å². The first-order valence-electron chi connectivity index (χ1n) is 10.5. The van der Waals surface area contributed by atoms with Crippen molar-refractivity contribution in [2.75, 3.05) is 7.11 Å². The lowest BCUT2D eigenvalue weighted by atomic mass is 10.0. The summed E-state index contributed by atoms with van der Waals surface area (Å²) >= 11 is 6.04. The molecule has 0 N–H and O–H groups in total. The third-order valence-corrected chi connectivity index (χ3v) is 6.07. The average molecular weight is 462 g/mol. The Bertz CT molecular complexity index is 1290. The number of rotatable bonds is 5. The zero-order valence-corrected chi connectivity index (χ0v) is 19.7. The number of allylic oxidation sites excluding steroid dienone is 1. The highest BCUT2D eigenvalue weighted by molar-refractivity contribution is 6.30. The number of esters is 1. The summed E-state index contributed by atoms with van der Waals surface area (Å²) in [7, 11) is 1.32. The second-order valence-corrected chi connectivity index (χ2v) is 8.34. The maximum absolute atomic E-state index is 13.4. The molecule has 0 spiro atoms. The maximum Gasteiger partial charge on any atom is 0.340 e. The third kappa shape index (κ3) is 4.22. The first kappa shape index (κ1) is 22.6. The highest BCUT2D eigenvalue weighted by atomic mass is 35.5. The van der Waals surface area contributed by atoms with Crippen LogP contribution in [0.25, 0.3) is 11.8 Å². The van der Waals surface area contributed by atoms with Crippen molar-refractivity contribution in [3.63, 3.8) is 0 Å². The number of hydrogen-bond acceptors (Lipinski definition) is 4. The van der Waals surface area contributed by atoms with Crippen LogP contribution in [0, 0.1) is 13.8 Å². The summed E-state index contributed by atoms with van der Waals surface area (Å²) in [4.78, 5) is 31.8. The van der Waals surface area contributed by atoms with Crippen molar-refractivity contribution in [2.45, 2.75) is 27.3 Å². The van der Waals surface area contributed by atoms with Gasteiger partial charge in [-0.05, 0) is 74.4 Å². The van der Waals surface area contributed by atoms with Gasteiger partial charge in [-0.15, -0.1) is 0 Å². The average Bonchev–Trinajstić information content (AvgIpc) is 3.22. The van der Waals surface area contributed by atoms with Crippen molar-refractivity contribution in [2.24, 2.45) is 0 Å². The second-order valence-electron chi connectivity index (χ2n) is 7.90. The quantitative estimate of drug-likeness (QED) is 0.395. The fourth-order valence-electron chi connectivity index (χ4n) is 4.17. The minimum absolute atomic E-state index is 0.243. The fraction of sp³-hybridized carbons (Fsp3) is 0.192. The number of nitrogens with zero attached hydrogens (tertiary/aromatic N) is 3. The number of carbonyl (C=O) groups excluding carboxylic acids is 2. The second kappa shape index (κ2) is 9.08. The summed E-state index contributed by atoms with van der Waals surface area (Å²) < 4.78 is 7.10. The molecule has 3 aromatic rings. The summed E-state index contributed by atoms with van der Waals surface area (Å²) in [5.41, 5.74) is 5.80. The van der Waals surface area contributed by atoms with E-state index < -0.39 is 5.97 Å². The number of amides is 1. The van der Waals surface area contributed by atoms with Crippen molar-refractivity contribution in [3.05, 3.63) is 99.2 Å². The van der Waals surface area contributed by atoms with Crippen LogP contribution < -0.4 is 0 Å². The Balaban J connectivity index is 1.78. The largest absolute Gasteiger partial charge is 0.465 e. The van der Waals surface area contributed by atoms with Crippen LogP contribution in [0.1, 0.15) is 29.4 Å². The minimum atomic E-state index is -0.535. The fourth-order valence-corrected chi connectivity index (χ4v) is 4.30. The Kier molecular flexibility index (Phi) is 6.20. The van der Waals surface area contributed by atoms with Gasteiger partial charge in [0.05, 0.1) is 24.8 Å². The lowest BCUT2D eigenvalue weighted by Gasteiger charge is -2.17. The molecular formula is C26H24ClN3O3. The van der Waals surface area contributed by atoms with Crippen LogP contribution in [0.3, 0.4) is 0 Å². The Morgan fingerprint density at radius 1 is 1.15 bits per heavy atom. The molecule has 0 radical (unpaired) electrons. The summed E-state index contributed by atoms with van der Waals surface area (Å²) in [6.07, 6.45) is 5.16. The number of ether oxygens (including phenoxy) is 1. The van der Waals surface area contributed by atoms with Gasteiger partial charge in [-0.1, -0.05) is 17.7 Å². The summed E-state index contributed by atoms with van der Waals surface area (Å²) in [6.45, 7) is 6.06. The summed E-state index contributed by atoms with van der Waals surface area (Å²) in [6, 6.07) is 13.3. The van der Waals surface area contributed by atoms with Crippen molar-refractivity contribution >= 4 is 29.6 Å². The maximum atomic E-state index is 13.4. The molecule has 0 aliphatic carbocycles. The van der Waals surface area contributed by atoms with E-state index in [0.29, 0.717) is 22.8 Å². The number of aromatic nitrogens is 2. The number of benzene rings is 1. The van der Waals surface area contributed by atoms with Gasteiger partial charge in [0.1, 0.15) is 0 Å². The van der Waals surface area contributed by atoms with Crippen molar-refractivity contribution in [1.82, 2.24) is 14.5 Å². The van der Waals surface area contributed by atoms with Crippen LogP contribution in [0.4, 0.5) is 0 Å². The normalized spacial score (nSPS) is 15.0. The lowest BCUT2D eigenvalue weighted by Crippen LogP contribution is -2.24. The lowest BCUT2D eigenvalue weighted by molar-refractivity contribution is -0.136. The molecular weight excluding hydrogens is 438 g/mol. The van der Waals surface area contributed by atoms with Gasteiger partial charge in [0, 0.05) is 40.2 Å². The molecule has 7 heteroatoms. The number of methoxy groups -OCH3 is 1. The molecule has 2 aromatic heterocycles. The molecule has 3 heterocycles. The van der Waals surface area contributed by atoms with Crippen LogP contribution in [-0.2, 0) is 20.9 Å². The van der Waals surface area contributed by atoms with E-state index >= 15 is 0 Å². The number of pyridine rings is 1. The monoisotopic (exact) mass is 461 g/mol. The topological polar surface area (TPSA) is 64.4 Å². The zero-order valence-electron chi connectivity index (χ0n) is 18.9. The smallest absolute Gasteiger partial charge is 0.340 e. The standard InChI is InChI=1S/C26H24ClN3O3/c1-16-12-20(17(2)30(16)22-9-7-21(27)8-10-22)13-23-24(26(32)33-4)18(3)29(25(23)31)15-19-6-5-11-28-14-19/h5-14H,15H2,1-4H3/b23-13-. The van der Waals surface area contributed by atoms with Gasteiger partial charge < -0.3 is 14.2 Å². The van der Waals surface area contributed by atoms with Gasteiger partial charge in [0.2, 0.25) is 0 Å². The van der Waals surface area contributed by atoms with Crippen molar-refractivity contribution in [3.8, 4) is 5.69 Å². The predicted molar refractivity (Wildman–Crippen MR) is 128 cm³/mol. The molecule has 0 fully saturated rings. The van der Waals surface area contributed by atoms with Crippen molar-refractivity contribution < 1.29 is 14.3 Å². The van der Waals surface area contributed by atoms with E-state index in [9.17, 15) is 9.59 Å². The van der Waals surface area contributed by atoms with E-state index in [-0.39, 0.29) is 11.5 Å². The first-order valence-corrected chi connectivity index (χ1v) is 10.9. The molecule has 1 amide bonds. The van der Waals surface area contributed by atoms with Gasteiger partial charge in [0.15, 0.2) is 0 Å². The molecule has 1 aromatic carbocycles. The number of hydrogen-bond donors (Lipinski definition) is 0. The van der Waals surface area contributed by atoms with E-state index in [0.717, 1.165) is 28.2 Å². The minimum Gasteiger partial charge on any atom is -0.465 e. The molecule has 168 valence electrons. The molecule has 0 atom stereocenters. The zero-order chi connectivity index (χ0) is 23.7. The SMILES string of the molecule is COC(=O)C1=C(C)N(Cc2cccnc2)C(=O)/C1=C\c1cc(C)n(-c2ccc(Cl)cc2)c1C. The summed E-state index contributed by atoms with van der Waals surface area (Å²) in [5, 5.41) is 0.664. The highest BCUT2D eigenvalue weighted by Gasteiger charge is 2.37. The Morgan fingerprint density at radius 3 is 2.52 bits per heavy atom. The predicted octanol–water partition coefficient (Wildman–Crippen LogP) is 5.02. The molecule has 0 saturated heterocycles. The molecule has 4 rings (SSSR count). The van der Waals surface area contributed by atoms with E-state index in [2.05, 4.69) is 9.55 Å². The Hall–Kier alpha value is -3.64. The molecule has 0 bridgehead atoms. The number of aryl methyl sites for hydroxylation is 1. The van der Waals surface area contributed by atoms with E-state index in [1.165, 1.54) is 7.11 Å². The molecule has 0 unspecified atom stereocenters. The van der Waals surface area contributed by atoms with Crippen molar-refractivity contribution in [1.29, 1.82) is 0 Å². The number of halogens is 1. The molecule has 6 nitrogen and oxygen atoms in total. The number of carbonyl (C=O) groups is 2. The van der Waals surface area contributed by atoms with E-state index in [1.807, 2.05) is 56.3 Å². The third-order valence-electron chi connectivity index (χ3n) is 5.82. The summed E-state index contributed by atoms with van der Waals surface area (Å²) in [5.74, 6) is -0.777. The van der Waals surface area contributed by atoms with Crippen LogP contribution in [-0.4, -0.2) is 33.4 Å². The highest BCUT2D eigenvalue weighted by Crippen LogP contribution is 2.34. The first-order chi connectivity index (χ1) is 15.8.